The number of imidazole rings is 2. The zero-order valence-electron chi connectivity index (χ0n) is 12.8. The lowest BCUT2D eigenvalue weighted by Crippen LogP contribution is -2.12. The number of unbranched alkanes of at least 4 members (excludes halogenated alkanes) is 1. The van der Waals surface area contributed by atoms with Gasteiger partial charge in [0.05, 0.1) is 12.0 Å². The van der Waals surface area contributed by atoms with Gasteiger partial charge in [0.25, 0.3) is 0 Å². The molecule has 2 heterocycles. The maximum atomic E-state index is 4.64. The fourth-order valence-electron chi connectivity index (χ4n) is 3.15. The summed E-state index contributed by atoms with van der Waals surface area (Å²) in [6, 6.07) is 0.652. The number of anilines is 1. The fourth-order valence-corrected chi connectivity index (χ4v) is 3.15. The molecule has 21 heavy (non-hydrogen) atoms. The highest BCUT2D eigenvalue weighted by molar-refractivity contribution is 5.29. The molecule has 2 aromatic rings. The molecular weight excluding hydrogens is 262 g/mol. The van der Waals surface area contributed by atoms with Crippen LogP contribution in [0.3, 0.4) is 0 Å². The Bertz CT molecular complexity index is 537. The Morgan fingerprint density at radius 3 is 2.90 bits per heavy atom. The lowest BCUT2D eigenvalue weighted by atomic mass is 10.2. The van der Waals surface area contributed by atoms with Gasteiger partial charge < -0.3 is 14.5 Å². The number of nitrogens with one attached hydrogen (secondary N) is 1. The highest BCUT2D eigenvalue weighted by atomic mass is 15.2. The molecule has 5 nitrogen and oxygen atoms in total. The number of hydrogen-bond donors (Lipinski definition) is 1. The first-order valence-corrected chi connectivity index (χ1v) is 8.08. The molecule has 114 valence electrons. The third kappa shape index (κ3) is 3.65. The number of aromatic nitrogens is 4. The number of nitrogens with zero attached hydrogens (tertiary/aromatic N) is 4. The van der Waals surface area contributed by atoms with Crippen LogP contribution in [-0.4, -0.2) is 25.6 Å². The van der Waals surface area contributed by atoms with Crippen LogP contribution in [0.25, 0.3) is 0 Å². The van der Waals surface area contributed by atoms with Gasteiger partial charge >= 0.3 is 0 Å². The molecule has 0 amide bonds. The molecule has 1 N–H and O–H groups in total. The van der Waals surface area contributed by atoms with Crippen LogP contribution in [0.5, 0.6) is 0 Å². The van der Waals surface area contributed by atoms with Crippen molar-refractivity contribution < 1.29 is 0 Å². The van der Waals surface area contributed by atoms with Gasteiger partial charge in [-0.25, -0.2) is 9.97 Å². The number of hydrogen-bond acceptors (Lipinski definition) is 3. The molecule has 1 saturated carbocycles. The van der Waals surface area contributed by atoms with E-state index in [1.54, 1.807) is 0 Å². The van der Waals surface area contributed by atoms with Gasteiger partial charge in [0.1, 0.15) is 0 Å². The van der Waals surface area contributed by atoms with Gasteiger partial charge in [-0.1, -0.05) is 12.8 Å². The largest absolute Gasteiger partial charge is 0.356 e. The second-order valence-corrected chi connectivity index (χ2v) is 5.99. The van der Waals surface area contributed by atoms with Crippen LogP contribution < -0.4 is 5.32 Å². The first-order valence-electron chi connectivity index (χ1n) is 8.08. The second kappa shape index (κ2) is 6.78. The highest BCUT2D eigenvalue weighted by Crippen LogP contribution is 2.32. The summed E-state index contributed by atoms with van der Waals surface area (Å²) in [6.45, 7) is 4.10. The molecule has 0 bridgehead atoms. The van der Waals surface area contributed by atoms with E-state index < -0.39 is 0 Å². The minimum absolute atomic E-state index is 0.652. The standard InChI is InChI=1S/C16H25N5/c1-14-12-21(15-6-2-3-7-15)16(19-14)18-8-4-5-10-20-11-9-17-13-20/h9,11-13,15H,2-8,10H2,1H3,(H,18,19). The molecule has 1 fully saturated rings. The predicted molar refractivity (Wildman–Crippen MR) is 84.4 cm³/mol. The number of rotatable bonds is 7. The van der Waals surface area contributed by atoms with E-state index in [2.05, 4.69) is 37.5 Å². The van der Waals surface area contributed by atoms with Gasteiger partial charge in [0.15, 0.2) is 0 Å². The zero-order chi connectivity index (χ0) is 14.5. The minimum atomic E-state index is 0.652. The lowest BCUT2D eigenvalue weighted by Gasteiger charge is -2.15. The molecule has 3 rings (SSSR count). The van der Waals surface area contributed by atoms with Gasteiger partial charge in [-0.3, -0.25) is 0 Å². The Morgan fingerprint density at radius 2 is 2.14 bits per heavy atom. The van der Waals surface area contributed by atoms with Crippen molar-refractivity contribution in [2.45, 2.75) is 58.0 Å². The van der Waals surface area contributed by atoms with Crippen molar-refractivity contribution in [2.75, 3.05) is 11.9 Å². The van der Waals surface area contributed by atoms with E-state index in [1.807, 2.05) is 18.7 Å². The van der Waals surface area contributed by atoms with Crippen LogP contribution in [-0.2, 0) is 6.54 Å². The lowest BCUT2D eigenvalue weighted by molar-refractivity contribution is 0.521. The van der Waals surface area contributed by atoms with E-state index in [0.29, 0.717) is 6.04 Å². The van der Waals surface area contributed by atoms with E-state index in [-0.39, 0.29) is 0 Å². The summed E-state index contributed by atoms with van der Waals surface area (Å²) >= 11 is 0. The predicted octanol–water partition coefficient (Wildman–Crippen LogP) is 3.40. The van der Waals surface area contributed by atoms with Crippen molar-refractivity contribution in [3.8, 4) is 0 Å². The topological polar surface area (TPSA) is 47.7 Å². The summed E-state index contributed by atoms with van der Waals surface area (Å²) in [5.74, 6) is 1.06. The molecule has 0 radical (unpaired) electrons. The van der Waals surface area contributed by atoms with Gasteiger partial charge in [-0.05, 0) is 32.6 Å². The Hall–Kier alpha value is -1.78. The Morgan fingerprint density at radius 1 is 1.29 bits per heavy atom. The third-order valence-corrected chi connectivity index (χ3v) is 4.26. The fraction of sp³-hybridized carbons (Fsp3) is 0.625. The summed E-state index contributed by atoms with van der Waals surface area (Å²) in [6.07, 6.45) is 15.5. The van der Waals surface area contributed by atoms with Gasteiger partial charge in [0.2, 0.25) is 5.95 Å². The van der Waals surface area contributed by atoms with E-state index >= 15 is 0 Å². The Kier molecular flexibility index (Phi) is 4.58. The summed E-state index contributed by atoms with van der Waals surface area (Å²) in [5, 5.41) is 3.52. The molecule has 2 aromatic heterocycles. The average molecular weight is 287 g/mol. The van der Waals surface area contributed by atoms with Crippen molar-refractivity contribution in [3.63, 3.8) is 0 Å². The van der Waals surface area contributed by atoms with Crippen LogP contribution >= 0.6 is 0 Å². The van der Waals surface area contributed by atoms with Crippen molar-refractivity contribution >= 4 is 5.95 Å². The molecule has 0 atom stereocenters. The molecular formula is C16H25N5. The average Bonchev–Trinajstić information content (AvgIpc) is 3.18. The van der Waals surface area contributed by atoms with E-state index in [1.165, 1.54) is 25.7 Å². The van der Waals surface area contributed by atoms with Gasteiger partial charge in [0, 0.05) is 37.7 Å². The highest BCUT2D eigenvalue weighted by Gasteiger charge is 2.19. The molecule has 0 aromatic carbocycles. The van der Waals surface area contributed by atoms with Crippen molar-refractivity contribution in [1.82, 2.24) is 19.1 Å². The SMILES string of the molecule is Cc1cn(C2CCCC2)c(NCCCCn2ccnc2)n1. The van der Waals surface area contributed by atoms with E-state index in [9.17, 15) is 0 Å². The molecule has 1 aliphatic rings. The molecule has 0 saturated heterocycles. The summed E-state index contributed by atoms with van der Waals surface area (Å²) in [5.41, 5.74) is 1.11. The first-order chi connectivity index (χ1) is 10.3. The van der Waals surface area contributed by atoms with Crippen molar-refractivity contribution in [2.24, 2.45) is 0 Å². The van der Waals surface area contributed by atoms with Crippen molar-refractivity contribution in [1.29, 1.82) is 0 Å². The van der Waals surface area contributed by atoms with Crippen LogP contribution in [0, 0.1) is 6.92 Å². The van der Waals surface area contributed by atoms with Crippen LogP contribution in [0.15, 0.2) is 24.9 Å². The Labute approximate surface area is 126 Å². The maximum Gasteiger partial charge on any atom is 0.203 e. The summed E-state index contributed by atoms with van der Waals surface area (Å²) in [7, 11) is 0. The monoisotopic (exact) mass is 287 g/mol. The smallest absolute Gasteiger partial charge is 0.203 e. The summed E-state index contributed by atoms with van der Waals surface area (Å²) < 4.78 is 4.49. The van der Waals surface area contributed by atoms with Crippen LogP contribution in [0.2, 0.25) is 0 Å². The normalized spacial score (nSPS) is 15.7. The molecule has 1 aliphatic carbocycles. The van der Waals surface area contributed by atoms with E-state index in [4.69, 9.17) is 0 Å². The zero-order valence-corrected chi connectivity index (χ0v) is 12.8. The molecule has 0 spiro atoms. The van der Waals surface area contributed by atoms with E-state index in [0.717, 1.165) is 37.6 Å². The minimum Gasteiger partial charge on any atom is -0.356 e. The third-order valence-electron chi connectivity index (χ3n) is 4.26. The van der Waals surface area contributed by atoms with Crippen LogP contribution in [0.4, 0.5) is 5.95 Å². The molecule has 0 aliphatic heterocycles. The van der Waals surface area contributed by atoms with Gasteiger partial charge in [-0.2, -0.15) is 0 Å². The first kappa shape index (κ1) is 14.2. The molecule has 0 unspecified atom stereocenters. The second-order valence-electron chi connectivity index (χ2n) is 5.99. The van der Waals surface area contributed by atoms with Crippen molar-refractivity contribution in [3.05, 3.63) is 30.6 Å². The quantitative estimate of drug-likeness (QED) is 0.794. The van der Waals surface area contributed by atoms with Gasteiger partial charge in [-0.15, -0.1) is 0 Å². The molecule has 5 heteroatoms. The summed E-state index contributed by atoms with van der Waals surface area (Å²) in [4.78, 5) is 8.70. The maximum absolute atomic E-state index is 4.64. The number of aryl methyl sites for hydroxylation is 2. The Balaban J connectivity index is 1.46. The van der Waals surface area contributed by atoms with Crippen LogP contribution in [0.1, 0.15) is 50.3 Å².